The molecule has 2 amide bonds. The van der Waals surface area contributed by atoms with Crippen molar-refractivity contribution < 1.29 is 18.0 Å². The molecule has 0 aromatic heterocycles. The first kappa shape index (κ1) is 23.7. The number of carbonyl (C=O) groups excluding carboxylic acids is 2. The molecule has 31 heavy (non-hydrogen) atoms. The van der Waals surface area contributed by atoms with E-state index in [9.17, 15) is 18.0 Å². The van der Waals surface area contributed by atoms with Gasteiger partial charge >= 0.3 is 0 Å². The van der Waals surface area contributed by atoms with Crippen molar-refractivity contribution in [2.45, 2.75) is 46.0 Å². The van der Waals surface area contributed by atoms with Gasteiger partial charge in [-0.05, 0) is 43.4 Å². The molecule has 172 valence electrons. The van der Waals surface area contributed by atoms with E-state index in [0.29, 0.717) is 64.1 Å². The molecular formula is C23H35N3O4S. The lowest BCUT2D eigenvalue weighted by atomic mass is 9.96. The fourth-order valence-corrected chi connectivity index (χ4v) is 5.97. The summed E-state index contributed by atoms with van der Waals surface area (Å²) < 4.78 is 26.3. The molecule has 0 bridgehead atoms. The molecule has 0 saturated carbocycles. The summed E-state index contributed by atoms with van der Waals surface area (Å²) in [6.45, 7) is 7.05. The molecule has 1 aromatic carbocycles. The number of benzene rings is 1. The van der Waals surface area contributed by atoms with E-state index in [-0.39, 0.29) is 23.5 Å². The highest BCUT2D eigenvalue weighted by molar-refractivity contribution is 7.89. The van der Waals surface area contributed by atoms with E-state index in [1.807, 2.05) is 41.0 Å². The molecule has 2 saturated heterocycles. The van der Waals surface area contributed by atoms with Crippen molar-refractivity contribution in [1.82, 2.24) is 14.1 Å². The van der Waals surface area contributed by atoms with Gasteiger partial charge in [-0.1, -0.05) is 32.4 Å². The van der Waals surface area contributed by atoms with Crippen LogP contribution in [-0.2, 0) is 21.2 Å². The minimum absolute atomic E-state index is 0.0142. The van der Waals surface area contributed by atoms with E-state index in [4.69, 9.17) is 0 Å². The van der Waals surface area contributed by atoms with Gasteiger partial charge in [0, 0.05) is 50.7 Å². The van der Waals surface area contributed by atoms with Crippen LogP contribution in [0.4, 0.5) is 0 Å². The smallest absolute Gasteiger partial charge is 0.253 e. The Balaban J connectivity index is 1.47. The second-order valence-electron chi connectivity index (χ2n) is 8.51. The van der Waals surface area contributed by atoms with Crippen LogP contribution in [0.25, 0.3) is 0 Å². The number of piperidine rings is 1. The van der Waals surface area contributed by atoms with Crippen LogP contribution in [0, 0.1) is 5.92 Å². The van der Waals surface area contributed by atoms with E-state index >= 15 is 0 Å². The molecule has 7 nitrogen and oxygen atoms in total. The number of nitrogens with zero attached hydrogens (tertiary/aromatic N) is 3. The van der Waals surface area contributed by atoms with E-state index < -0.39 is 10.0 Å². The summed E-state index contributed by atoms with van der Waals surface area (Å²) in [6.07, 6.45) is 3.62. The van der Waals surface area contributed by atoms with Crippen LogP contribution in [-0.4, -0.2) is 79.4 Å². The molecule has 3 rings (SSSR count). The van der Waals surface area contributed by atoms with E-state index in [2.05, 4.69) is 6.92 Å². The third-order valence-electron chi connectivity index (χ3n) is 6.44. The van der Waals surface area contributed by atoms with Crippen molar-refractivity contribution in [2.24, 2.45) is 5.92 Å². The number of sulfonamides is 1. The lowest BCUT2D eigenvalue weighted by Gasteiger charge is -2.38. The second-order valence-corrected chi connectivity index (χ2v) is 10.6. The summed E-state index contributed by atoms with van der Waals surface area (Å²) in [5.74, 6) is 0.186. The second kappa shape index (κ2) is 10.6. The zero-order valence-corrected chi connectivity index (χ0v) is 19.6. The summed E-state index contributed by atoms with van der Waals surface area (Å²) >= 11 is 0. The van der Waals surface area contributed by atoms with Crippen LogP contribution in [0.2, 0.25) is 0 Å². The van der Waals surface area contributed by atoms with E-state index in [1.165, 1.54) is 5.56 Å². The Morgan fingerprint density at radius 3 is 2.03 bits per heavy atom. The molecule has 2 fully saturated rings. The summed E-state index contributed by atoms with van der Waals surface area (Å²) in [5, 5.41) is 0. The van der Waals surface area contributed by atoms with Crippen molar-refractivity contribution in [3.8, 4) is 0 Å². The number of unbranched alkanes of at least 4 members (excludes halogenated alkanes) is 1. The Bertz CT molecular complexity index is 853. The SMILES string of the molecule is CCCCS(=O)(=O)N1CCC(C(=O)N2CCN(C(=O)c3ccc(CC)cc3)CC2)CC1. The Morgan fingerprint density at radius 2 is 1.48 bits per heavy atom. The van der Waals surface area contributed by atoms with Crippen molar-refractivity contribution >= 4 is 21.8 Å². The monoisotopic (exact) mass is 449 g/mol. The summed E-state index contributed by atoms with van der Waals surface area (Å²) in [4.78, 5) is 29.4. The van der Waals surface area contributed by atoms with Gasteiger partial charge in [0.15, 0.2) is 0 Å². The predicted molar refractivity (Wildman–Crippen MR) is 121 cm³/mol. The maximum absolute atomic E-state index is 13.0. The van der Waals surface area contributed by atoms with Gasteiger partial charge in [-0.3, -0.25) is 9.59 Å². The summed E-state index contributed by atoms with van der Waals surface area (Å²) in [5.41, 5.74) is 1.89. The molecule has 2 heterocycles. The topological polar surface area (TPSA) is 78.0 Å². The molecule has 0 unspecified atom stereocenters. The highest BCUT2D eigenvalue weighted by Crippen LogP contribution is 2.23. The number of carbonyl (C=O) groups is 2. The molecule has 2 aliphatic heterocycles. The first-order chi connectivity index (χ1) is 14.9. The van der Waals surface area contributed by atoms with Crippen molar-refractivity contribution in [3.05, 3.63) is 35.4 Å². The number of piperazine rings is 1. The molecule has 0 N–H and O–H groups in total. The third-order valence-corrected chi connectivity index (χ3v) is 8.40. The van der Waals surface area contributed by atoms with Gasteiger partial charge in [0.2, 0.25) is 15.9 Å². The third kappa shape index (κ3) is 5.86. The Hall–Kier alpha value is -1.93. The average Bonchev–Trinajstić information content (AvgIpc) is 2.82. The van der Waals surface area contributed by atoms with Gasteiger partial charge in [-0.25, -0.2) is 12.7 Å². The fraction of sp³-hybridized carbons (Fsp3) is 0.652. The number of aryl methyl sites for hydroxylation is 1. The molecular weight excluding hydrogens is 414 g/mol. The molecule has 1 aromatic rings. The van der Waals surface area contributed by atoms with Crippen LogP contribution in [0.3, 0.4) is 0 Å². The highest BCUT2D eigenvalue weighted by Gasteiger charge is 2.34. The first-order valence-electron chi connectivity index (χ1n) is 11.5. The average molecular weight is 450 g/mol. The van der Waals surface area contributed by atoms with E-state index in [0.717, 1.165) is 12.8 Å². The normalized spacial score (nSPS) is 18.9. The molecule has 0 radical (unpaired) electrons. The zero-order chi connectivity index (χ0) is 22.4. The highest BCUT2D eigenvalue weighted by atomic mass is 32.2. The molecule has 0 atom stereocenters. The zero-order valence-electron chi connectivity index (χ0n) is 18.8. The molecule has 8 heteroatoms. The van der Waals surface area contributed by atoms with Crippen LogP contribution in [0.5, 0.6) is 0 Å². The fourth-order valence-electron chi connectivity index (χ4n) is 4.29. The minimum atomic E-state index is -3.20. The molecule has 0 aliphatic carbocycles. The van der Waals surface area contributed by atoms with Gasteiger partial charge in [0.1, 0.15) is 0 Å². The predicted octanol–water partition coefficient (Wildman–Crippen LogP) is 2.38. The van der Waals surface area contributed by atoms with Gasteiger partial charge in [0.25, 0.3) is 5.91 Å². The number of hydrogen-bond acceptors (Lipinski definition) is 4. The largest absolute Gasteiger partial charge is 0.339 e. The number of amides is 2. The van der Waals surface area contributed by atoms with Crippen molar-refractivity contribution in [1.29, 1.82) is 0 Å². The molecule has 2 aliphatic rings. The summed E-state index contributed by atoms with van der Waals surface area (Å²) in [7, 11) is -3.20. The number of rotatable bonds is 7. The van der Waals surface area contributed by atoms with Gasteiger partial charge in [0.05, 0.1) is 5.75 Å². The van der Waals surface area contributed by atoms with Crippen LogP contribution >= 0.6 is 0 Å². The minimum Gasteiger partial charge on any atom is -0.339 e. The van der Waals surface area contributed by atoms with Gasteiger partial charge < -0.3 is 9.80 Å². The van der Waals surface area contributed by atoms with Crippen LogP contribution in [0.1, 0.15) is 55.5 Å². The maximum atomic E-state index is 13.0. The summed E-state index contributed by atoms with van der Waals surface area (Å²) in [6, 6.07) is 7.73. The lowest BCUT2D eigenvalue weighted by molar-refractivity contribution is -0.138. The Kier molecular flexibility index (Phi) is 8.11. The maximum Gasteiger partial charge on any atom is 0.253 e. The van der Waals surface area contributed by atoms with Gasteiger partial charge in [-0.2, -0.15) is 0 Å². The van der Waals surface area contributed by atoms with Crippen molar-refractivity contribution in [2.75, 3.05) is 45.0 Å². The van der Waals surface area contributed by atoms with Crippen LogP contribution < -0.4 is 0 Å². The van der Waals surface area contributed by atoms with E-state index in [1.54, 1.807) is 4.31 Å². The standard InChI is InChI=1S/C23H35N3O4S/c1-3-5-18-31(29,30)26-12-10-21(11-13-26)23(28)25-16-14-24(15-17-25)22(27)20-8-6-19(4-2)7-9-20/h6-9,21H,3-5,10-18H2,1-2H3. The first-order valence-corrected chi connectivity index (χ1v) is 13.1. The lowest BCUT2D eigenvalue weighted by Crippen LogP contribution is -2.53. The Labute approximate surface area is 186 Å². The van der Waals surface area contributed by atoms with Crippen molar-refractivity contribution in [3.63, 3.8) is 0 Å². The van der Waals surface area contributed by atoms with Gasteiger partial charge in [-0.15, -0.1) is 0 Å². The Morgan fingerprint density at radius 1 is 0.903 bits per heavy atom. The number of hydrogen-bond donors (Lipinski definition) is 0. The van der Waals surface area contributed by atoms with Crippen LogP contribution in [0.15, 0.2) is 24.3 Å². The molecule has 0 spiro atoms. The quantitative estimate of drug-likeness (QED) is 0.640.